The minimum absolute atomic E-state index is 0.0840. The molecule has 47 heavy (non-hydrogen) atoms. The largest absolute Gasteiger partial charge is 0.481 e. The van der Waals surface area contributed by atoms with Gasteiger partial charge in [-0.2, -0.15) is 0 Å². The van der Waals surface area contributed by atoms with Crippen LogP contribution in [0.4, 0.5) is 0 Å². The molecule has 1 heterocycles. The van der Waals surface area contributed by atoms with E-state index in [2.05, 4.69) is 34.6 Å². The average molecular weight is 667 g/mol. The zero-order chi connectivity index (χ0) is 35.1. The maximum atomic E-state index is 12.8. The summed E-state index contributed by atoms with van der Waals surface area (Å²) < 4.78 is 12.1. The monoisotopic (exact) mass is 666 g/mol. The lowest BCUT2D eigenvalue weighted by molar-refractivity contribution is -0.330. The summed E-state index contributed by atoms with van der Waals surface area (Å²) in [6.07, 6.45) is -2.81. The van der Waals surface area contributed by atoms with Gasteiger partial charge in [0, 0.05) is 5.92 Å². The van der Waals surface area contributed by atoms with Gasteiger partial charge >= 0.3 is 5.97 Å². The van der Waals surface area contributed by atoms with Crippen LogP contribution >= 0.6 is 0 Å². The van der Waals surface area contributed by atoms with Crippen molar-refractivity contribution < 1.29 is 54.8 Å². The van der Waals surface area contributed by atoms with Crippen molar-refractivity contribution in [2.75, 3.05) is 6.61 Å². The van der Waals surface area contributed by atoms with Crippen molar-refractivity contribution in [3.05, 3.63) is 11.6 Å². The number of fused-ring (bicyclic) bond motifs is 5. The number of ketones is 1. The second-order valence-electron chi connectivity index (χ2n) is 17.1. The Morgan fingerprint density at radius 1 is 0.957 bits per heavy atom. The number of carboxylic acid groups (broad SMARTS) is 1. The Bertz CT molecular complexity index is 1250. The van der Waals surface area contributed by atoms with E-state index >= 15 is 0 Å². The number of rotatable bonds is 8. The van der Waals surface area contributed by atoms with Gasteiger partial charge in [0.25, 0.3) is 0 Å². The maximum absolute atomic E-state index is 12.8. The van der Waals surface area contributed by atoms with Crippen LogP contribution in [0.5, 0.6) is 0 Å². The van der Waals surface area contributed by atoms with Crippen molar-refractivity contribution in [2.24, 2.45) is 44.8 Å². The SMILES string of the molecule is CC(=O)[C@H](C)[C@H](O)C[C@@]1(C(=O)O)C=C2[C@H](O)C[C@@H]3[C@@]4(C)CC[C@H](O[C@@H]5O[C@H](CO)[C@@H](O)[C@H](O)[C@H]5O)C(C)(C)[C@@H]4CC[C@@]3(C)[C@]2(C)CC1. The van der Waals surface area contributed by atoms with Gasteiger partial charge in [0.1, 0.15) is 30.2 Å². The number of Topliss-reactive ketones (excluding diaryl/α,β-unsaturated/α-hetero) is 1. The Morgan fingerprint density at radius 3 is 2.21 bits per heavy atom. The molecule has 0 unspecified atom stereocenters. The molecule has 15 atom stereocenters. The van der Waals surface area contributed by atoms with E-state index in [0.29, 0.717) is 25.7 Å². The van der Waals surface area contributed by atoms with Gasteiger partial charge in [-0.05, 0) is 97.4 Å². The van der Waals surface area contributed by atoms with Gasteiger partial charge in [0.2, 0.25) is 0 Å². The van der Waals surface area contributed by atoms with Crippen molar-refractivity contribution in [1.29, 1.82) is 0 Å². The molecule has 4 fully saturated rings. The number of aliphatic hydroxyl groups is 6. The second-order valence-corrected chi connectivity index (χ2v) is 17.1. The van der Waals surface area contributed by atoms with Crippen LogP contribution in [0.3, 0.4) is 0 Å². The molecule has 7 N–H and O–H groups in total. The number of carbonyl (C=O) groups is 2. The summed E-state index contributed by atoms with van der Waals surface area (Å²) >= 11 is 0. The first-order valence-electron chi connectivity index (χ1n) is 17.5. The van der Waals surface area contributed by atoms with E-state index < -0.39 is 72.2 Å². The standard InChI is InChI=1S/C36H58O11/c1-18(19(2)38)22(40)16-36(31(44)45)13-12-34(6)20(15-36)21(39)14-25-33(5)10-9-26(32(3,4)24(33)8-11-35(25,34)7)47-30-29(43)28(42)27(41)23(17-37)46-30/h15,18,21-30,37,39-43H,8-14,16-17H2,1-7H3,(H,44,45)/t18-,21+,22+,23+,24-,25+,26-,27+,28-,29+,30-,33-,34+,35+,36-/m0/s1. The molecular formula is C36H58O11. The van der Waals surface area contributed by atoms with Gasteiger partial charge in [0.05, 0.1) is 30.3 Å². The van der Waals surface area contributed by atoms with E-state index in [0.717, 1.165) is 24.8 Å². The van der Waals surface area contributed by atoms with Gasteiger partial charge in [0.15, 0.2) is 6.29 Å². The number of hydrogen-bond acceptors (Lipinski definition) is 10. The van der Waals surface area contributed by atoms with Crippen molar-refractivity contribution in [1.82, 2.24) is 0 Å². The van der Waals surface area contributed by atoms with Gasteiger partial charge < -0.3 is 45.2 Å². The third kappa shape index (κ3) is 5.55. The van der Waals surface area contributed by atoms with Crippen LogP contribution in [-0.2, 0) is 19.1 Å². The van der Waals surface area contributed by atoms with E-state index in [4.69, 9.17) is 9.47 Å². The second kappa shape index (κ2) is 12.4. The van der Waals surface area contributed by atoms with Crippen molar-refractivity contribution in [3.8, 4) is 0 Å². The maximum Gasteiger partial charge on any atom is 0.313 e. The third-order valence-corrected chi connectivity index (χ3v) is 14.6. The normalized spacial score (nSPS) is 49.0. The molecule has 0 aromatic heterocycles. The molecule has 11 heteroatoms. The molecule has 4 aliphatic carbocycles. The Morgan fingerprint density at radius 2 is 1.62 bits per heavy atom. The van der Waals surface area contributed by atoms with Crippen LogP contribution in [0, 0.1) is 44.8 Å². The van der Waals surface area contributed by atoms with Crippen LogP contribution < -0.4 is 0 Å². The Hall–Kier alpha value is -1.44. The fourth-order valence-corrected chi connectivity index (χ4v) is 11.1. The summed E-state index contributed by atoms with van der Waals surface area (Å²) in [5.74, 6) is -1.62. The number of hydrogen-bond donors (Lipinski definition) is 7. The van der Waals surface area contributed by atoms with Crippen LogP contribution in [0.25, 0.3) is 0 Å². The van der Waals surface area contributed by atoms with Gasteiger partial charge in [-0.15, -0.1) is 0 Å². The first-order valence-corrected chi connectivity index (χ1v) is 17.5. The highest BCUT2D eigenvalue weighted by Crippen LogP contribution is 2.74. The lowest BCUT2D eigenvalue weighted by Crippen LogP contribution is -2.66. The van der Waals surface area contributed by atoms with Crippen molar-refractivity contribution in [3.63, 3.8) is 0 Å². The van der Waals surface area contributed by atoms with E-state index in [9.17, 15) is 45.3 Å². The molecule has 3 saturated carbocycles. The summed E-state index contributed by atoms with van der Waals surface area (Å²) in [7, 11) is 0. The fourth-order valence-electron chi connectivity index (χ4n) is 11.1. The van der Waals surface area contributed by atoms with E-state index in [1.54, 1.807) is 13.0 Å². The summed E-state index contributed by atoms with van der Waals surface area (Å²) in [5, 5.41) is 74.2. The molecule has 0 bridgehead atoms. The summed E-state index contributed by atoms with van der Waals surface area (Å²) in [6, 6.07) is 0. The number of aliphatic carboxylic acids is 1. The Balaban J connectivity index is 1.42. The highest BCUT2D eigenvalue weighted by Gasteiger charge is 2.69. The number of carbonyl (C=O) groups excluding carboxylic acids is 1. The first-order chi connectivity index (χ1) is 21.7. The molecule has 1 saturated heterocycles. The highest BCUT2D eigenvalue weighted by molar-refractivity contribution is 5.80. The summed E-state index contributed by atoms with van der Waals surface area (Å²) in [6.45, 7) is 13.6. The minimum Gasteiger partial charge on any atom is -0.481 e. The molecule has 0 amide bonds. The van der Waals surface area contributed by atoms with Crippen LogP contribution in [0.1, 0.15) is 99.8 Å². The highest BCUT2D eigenvalue weighted by atomic mass is 16.7. The molecule has 0 spiro atoms. The quantitative estimate of drug-likeness (QED) is 0.149. The number of carboxylic acids is 1. The lowest BCUT2D eigenvalue weighted by atomic mass is 9.34. The van der Waals surface area contributed by atoms with Crippen LogP contribution in [0.15, 0.2) is 11.6 Å². The summed E-state index contributed by atoms with van der Waals surface area (Å²) in [4.78, 5) is 24.8. The molecule has 268 valence electrons. The lowest BCUT2D eigenvalue weighted by Gasteiger charge is -2.71. The molecule has 0 aromatic rings. The van der Waals surface area contributed by atoms with Gasteiger partial charge in [-0.1, -0.05) is 47.6 Å². The topological polar surface area (TPSA) is 194 Å². The number of aliphatic hydroxyl groups excluding tert-OH is 6. The molecule has 0 radical (unpaired) electrons. The molecule has 0 aromatic carbocycles. The minimum atomic E-state index is -1.51. The molecule has 1 aliphatic heterocycles. The zero-order valence-corrected chi connectivity index (χ0v) is 29.1. The smallest absolute Gasteiger partial charge is 0.313 e. The molecular weight excluding hydrogens is 608 g/mol. The Kier molecular flexibility index (Phi) is 9.72. The van der Waals surface area contributed by atoms with Crippen LogP contribution in [-0.4, -0.2) is 103 Å². The number of ether oxygens (including phenoxy) is 2. The summed E-state index contributed by atoms with van der Waals surface area (Å²) in [5.41, 5.74) is -1.90. The predicted molar refractivity (Wildman–Crippen MR) is 171 cm³/mol. The first kappa shape index (κ1) is 36.8. The van der Waals surface area contributed by atoms with Gasteiger partial charge in [-0.25, -0.2) is 0 Å². The predicted octanol–water partition coefficient (Wildman–Crippen LogP) is 2.57. The molecule has 11 nitrogen and oxygen atoms in total. The fraction of sp³-hybridized carbons (Fsp3) is 0.889. The third-order valence-electron chi connectivity index (χ3n) is 14.6. The van der Waals surface area contributed by atoms with Crippen molar-refractivity contribution >= 4 is 11.8 Å². The van der Waals surface area contributed by atoms with E-state index in [1.165, 1.54) is 6.92 Å². The van der Waals surface area contributed by atoms with Gasteiger partial charge in [-0.3, -0.25) is 9.59 Å². The van der Waals surface area contributed by atoms with Crippen LogP contribution in [0.2, 0.25) is 0 Å². The van der Waals surface area contributed by atoms with E-state index in [1.807, 2.05) is 0 Å². The Labute approximate surface area is 278 Å². The molecule has 5 aliphatic rings. The van der Waals surface area contributed by atoms with E-state index in [-0.39, 0.29) is 46.4 Å². The average Bonchev–Trinajstić information content (AvgIpc) is 3.00. The van der Waals surface area contributed by atoms with Crippen molar-refractivity contribution in [2.45, 2.75) is 149 Å². The molecule has 5 rings (SSSR count). The zero-order valence-electron chi connectivity index (χ0n) is 29.1.